The van der Waals surface area contributed by atoms with Gasteiger partial charge in [-0.2, -0.15) is 5.10 Å². The molecule has 0 aliphatic carbocycles. The molecule has 0 bridgehead atoms. The molecular formula is C16H19N3O2. The van der Waals surface area contributed by atoms with Crippen molar-refractivity contribution in [1.82, 2.24) is 9.78 Å². The fourth-order valence-electron chi connectivity index (χ4n) is 2.30. The van der Waals surface area contributed by atoms with Crippen molar-refractivity contribution >= 4 is 17.4 Å². The van der Waals surface area contributed by atoms with Crippen molar-refractivity contribution in [2.75, 3.05) is 4.90 Å². The van der Waals surface area contributed by atoms with E-state index in [1.54, 1.807) is 30.1 Å². The highest BCUT2D eigenvalue weighted by molar-refractivity contribution is 6.41. The minimum atomic E-state index is -0.495. The van der Waals surface area contributed by atoms with Crippen LogP contribution in [0.4, 0.5) is 5.69 Å². The number of nitrogens with zero attached hydrogens (tertiary/aromatic N) is 3. The lowest BCUT2D eigenvalue weighted by Gasteiger charge is -2.25. The Labute approximate surface area is 124 Å². The Balaban J connectivity index is 2.45. The summed E-state index contributed by atoms with van der Waals surface area (Å²) in [5, 5.41) is 4.12. The van der Waals surface area contributed by atoms with E-state index in [4.69, 9.17) is 0 Å². The average molecular weight is 285 g/mol. The lowest BCUT2D eigenvalue weighted by molar-refractivity contribution is -0.136. The van der Waals surface area contributed by atoms with Crippen LogP contribution in [0.25, 0.3) is 0 Å². The largest absolute Gasteiger partial charge is 0.295 e. The maximum atomic E-state index is 12.4. The third-order valence-corrected chi connectivity index (χ3v) is 3.36. The molecule has 0 saturated heterocycles. The predicted molar refractivity (Wildman–Crippen MR) is 80.9 cm³/mol. The van der Waals surface area contributed by atoms with Crippen LogP contribution in [0.2, 0.25) is 0 Å². The standard InChI is InChI=1S/C16H19N3O2/c1-4-14(20)16(21)19(11-18-10-6-9-17-18)15-12(2)7-5-8-13(15)3/h5-10H,4,11H2,1-3H3. The Morgan fingerprint density at radius 2 is 1.86 bits per heavy atom. The van der Waals surface area contributed by atoms with Crippen molar-refractivity contribution < 1.29 is 9.59 Å². The van der Waals surface area contributed by atoms with Gasteiger partial charge >= 0.3 is 0 Å². The number of ketones is 1. The van der Waals surface area contributed by atoms with Crippen molar-refractivity contribution in [3.8, 4) is 0 Å². The number of aromatic nitrogens is 2. The molecule has 1 heterocycles. The van der Waals surface area contributed by atoms with E-state index < -0.39 is 11.7 Å². The van der Waals surface area contributed by atoms with Crippen LogP contribution in [0.1, 0.15) is 24.5 Å². The second kappa shape index (κ2) is 6.35. The van der Waals surface area contributed by atoms with Crippen molar-refractivity contribution in [3.63, 3.8) is 0 Å². The quantitative estimate of drug-likeness (QED) is 0.793. The van der Waals surface area contributed by atoms with Crippen LogP contribution in [0.3, 0.4) is 0 Å². The van der Waals surface area contributed by atoms with E-state index in [1.807, 2.05) is 32.0 Å². The van der Waals surface area contributed by atoms with Gasteiger partial charge in [0.1, 0.15) is 6.67 Å². The molecule has 5 nitrogen and oxygen atoms in total. The second-order valence-electron chi connectivity index (χ2n) is 4.94. The number of hydrogen-bond acceptors (Lipinski definition) is 3. The van der Waals surface area contributed by atoms with E-state index in [0.29, 0.717) is 0 Å². The summed E-state index contributed by atoms with van der Waals surface area (Å²) < 4.78 is 1.63. The summed E-state index contributed by atoms with van der Waals surface area (Å²) >= 11 is 0. The molecule has 0 unspecified atom stereocenters. The first-order valence-corrected chi connectivity index (χ1v) is 6.93. The zero-order chi connectivity index (χ0) is 15.4. The summed E-state index contributed by atoms with van der Waals surface area (Å²) in [5.41, 5.74) is 2.69. The van der Waals surface area contributed by atoms with Gasteiger partial charge < -0.3 is 0 Å². The normalized spacial score (nSPS) is 10.4. The summed E-state index contributed by atoms with van der Waals surface area (Å²) in [4.78, 5) is 25.8. The number of rotatable bonds is 5. The number of hydrogen-bond donors (Lipinski definition) is 0. The van der Waals surface area contributed by atoms with Crippen molar-refractivity contribution in [2.45, 2.75) is 33.9 Å². The van der Waals surface area contributed by atoms with Crippen LogP contribution in [-0.2, 0) is 16.3 Å². The van der Waals surface area contributed by atoms with Crippen LogP contribution in [0.5, 0.6) is 0 Å². The molecule has 2 aromatic rings. The highest BCUT2D eigenvalue weighted by Gasteiger charge is 2.24. The number of aryl methyl sites for hydroxylation is 2. The van der Waals surface area contributed by atoms with Gasteiger partial charge in [0.2, 0.25) is 5.78 Å². The molecule has 0 atom stereocenters. The Kier molecular flexibility index (Phi) is 4.52. The molecule has 2 rings (SSSR count). The number of Topliss-reactive ketones (excluding diaryl/α,β-unsaturated/α-hetero) is 1. The number of amides is 1. The van der Waals surface area contributed by atoms with Gasteiger partial charge in [0, 0.05) is 18.8 Å². The van der Waals surface area contributed by atoms with E-state index in [9.17, 15) is 9.59 Å². The summed E-state index contributed by atoms with van der Waals surface area (Å²) in [6.07, 6.45) is 3.61. The molecule has 5 heteroatoms. The fourth-order valence-corrected chi connectivity index (χ4v) is 2.30. The summed E-state index contributed by atoms with van der Waals surface area (Å²) in [6, 6.07) is 7.59. The number of carbonyl (C=O) groups is 2. The molecule has 0 fully saturated rings. The number of anilines is 1. The molecule has 1 aromatic heterocycles. The first kappa shape index (κ1) is 15.0. The molecule has 0 aliphatic rings. The fraction of sp³-hybridized carbons (Fsp3) is 0.312. The Morgan fingerprint density at radius 3 is 2.38 bits per heavy atom. The molecule has 1 amide bonds. The van der Waals surface area contributed by atoms with Crippen molar-refractivity contribution in [3.05, 3.63) is 47.8 Å². The van der Waals surface area contributed by atoms with Gasteiger partial charge in [-0.25, -0.2) is 0 Å². The van der Waals surface area contributed by atoms with E-state index in [1.165, 1.54) is 4.90 Å². The Hall–Kier alpha value is -2.43. The lowest BCUT2D eigenvalue weighted by Crippen LogP contribution is -2.38. The van der Waals surface area contributed by atoms with Crippen molar-refractivity contribution in [1.29, 1.82) is 0 Å². The topological polar surface area (TPSA) is 55.2 Å². The van der Waals surface area contributed by atoms with Gasteiger partial charge in [0.25, 0.3) is 5.91 Å². The minimum Gasteiger partial charge on any atom is -0.289 e. The summed E-state index contributed by atoms with van der Waals surface area (Å²) in [6.45, 7) is 5.78. The van der Waals surface area contributed by atoms with Crippen molar-refractivity contribution in [2.24, 2.45) is 0 Å². The minimum absolute atomic E-state index is 0.194. The average Bonchev–Trinajstić information content (AvgIpc) is 2.97. The first-order chi connectivity index (χ1) is 10.0. The third kappa shape index (κ3) is 3.18. The molecule has 0 spiro atoms. The van der Waals surface area contributed by atoms with Gasteiger partial charge in [-0.3, -0.25) is 19.2 Å². The summed E-state index contributed by atoms with van der Waals surface area (Å²) in [7, 11) is 0. The maximum absolute atomic E-state index is 12.4. The van der Waals surface area contributed by atoms with E-state index in [-0.39, 0.29) is 13.1 Å². The monoisotopic (exact) mass is 285 g/mol. The molecule has 0 aliphatic heterocycles. The van der Waals surface area contributed by atoms with Crippen LogP contribution in [0, 0.1) is 13.8 Å². The highest BCUT2D eigenvalue weighted by Crippen LogP contribution is 2.25. The SMILES string of the molecule is CCC(=O)C(=O)N(Cn1cccn1)c1c(C)cccc1C. The number of carbonyl (C=O) groups excluding carboxylic acids is 2. The van der Waals surface area contributed by atoms with E-state index >= 15 is 0 Å². The first-order valence-electron chi connectivity index (χ1n) is 6.93. The van der Waals surface area contributed by atoms with Gasteiger partial charge in [-0.15, -0.1) is 0 Å². The zero-order valence-corrected chi connectivity index (χ0v) is 12.5. The Morgan fingerprint density at radius 1 is 1.19 bits per heavy atom. The van der Waals surface area contributed by atoms with E-state index in [2.05, 4.69) is 5.10 Å². The molecular weight excluding hydrogens is 266 g/mol. The summed E-state index contributed by atoms with van der Waals surface area (Å²) in [5.74, 6) is -0.893. The lowest BCUT2D eigenvalue weighted by atomic mass is 10.1. The molecule has 1 aromatic carbocycles. The predicted octanol–water partition coefficient (Wildman–Crippen LogP) is 2.47. The van der Waals surface area contributed by atoms with Crippen LogP contribution >= 0.6 is 0 Å². The molecule has 21 heavy (non-hydrogen) atoms. The molecule has 110 valence electrons. The maximum Gasteiger partial charge on any atom is 0.295 e. The van der Waals surface area contributed by atoms with Gasteiger partial charge in [0.05, 0.1) is 5.69 Å². The van der Waals surface area contributed by atoms with Gasteiger partial charge in [0.15, 0.2) is 0 Å². The number of para-hydroxylation sites is 1. The van der Waals surface area contributed by atoms with Gasteiger partial charge in [-0.05, 0) is 31.0 Å². The van der Waals surface area contributed by atoms with Crippen LogP contribution in [0.15, 0.2) is 36.7 Å². The molecule has 0 N–H and O–H groups in total. The van der Waals surface area contributed by atoms with Crippen LogP contribution in [-0.4, -0.2) is 21.5 Å². The van der Waals surface area contributed by atoms with Crippen LogP contribution < -0.4 is 4.90 Å². The smallest absolute Gasteiger partial charge is 0.289 e. The van der Waals surface area contributed by atoms with Gasteiger partial charge in [-0.1, -0.05) is 25.1 Å². The number of benzene rings is 1. The second-order valence-corrected chi connectivity index (χ2v) is 4.94. The van der Waals surface area contributed by atoms with E-state index in [0.717, 1.165) is 16.8 Å². The highest BCUT2D eigenvalue weighted by atomic mass is 16.2. The zero-order valence-electron chi connectivity index (χ0n) is 12.5. The molecule has 0 saturated carbocycles. The third-order valence-electron chi connectivity index (χ3n) is 3.36. The molecule has 0 radical (unpaired) electrons. The Bertz CT molecular complexity index is 627.